The summed E-state index contributed by atoms with van der Waals surface area (Å²) >= 11 is 0. The van der Waals surface area contributed by atoms with E-state index in [0.29, 0.717) is 0 Å². The minimum atomic E-state index is -5.08. The molecule has 0 aliphatic carbocycles. The van der Waals surface area contributed by atoms with E-state index in [1.807, 2.05) is 18.2 Å². The lowest BCUT2D eigenvalue weighted by Gasteiger charge is -2.19. The Morgan fingerprint density at radius 1 is 0.889 bits per heavy atom. The van der Waals surface area contributed by atoms with Crippen molar-refractivity contribution in [3.63, 3.8) is 0 Å². The normalized spacial score (nSPS) is 11.6. The number of halogens is 3. The lowest BCUT2D eigenvalue weighted by molar-refractivity contribution is -0.192. The monoisotopic (exact) mass is 498 g/mol. The summed E-state index contributed by atoms with van der Waals surface area (Å²) in [6.07, 6.45) is -5.08. The quantitative estimate of drug-likeness (QED) is 0.351. The van der Waals surface area contributed by atoms with Gasteiger partial charge in [-0.05, 0) is 56.0 Å². The van der Waals surface area contributed by atoms with Gasteiger partial charge in [0.15, 0.2) is 0 Å². The number of rotatable bonds is 7. The highest BCUT2D eigenvalue weighted by molar-refractivity contribution is 5.80. The van der Waals surface area contributed by atoms with Crippen LogP contribution in [0.2, 0.25) is 0 Å². The molecule has 0 fully saturated rings. The van der Waals surface area contributed by atoms with Gasteiger partial charge in [0.1, 0.15) is 5.82 Å². The van der Waals surface area contributed by atoms with E-state index in [-0.39, 0.29) is 0 Å². The first-order valence-electron chi connectivity index (χ1n) is 11.3. The third-order valence-electron chi connectivity index (χ3n) is 5.44. The van der Waals surface area contributed by atoms with Crippen LogP contribution >= 0.6 is 0 Å². The molecule has 0 aliphatic heterocycles. The van der Waals surface area contributed by atoms with E-state index in [0.717, 1.165) is 42.1 Å². The Morgan fingerprint density at radius 3 is 2.14 bits per heavy atom. The van der Waals surface area contributed by atoms with Crippen LogP contribution in [0.15, 0.2) is 72.8 Å². The summed E-state index contributed by atoms with van der Waals surface area (Å²) in [5, 5.41) is 7.12. The number of alkyl halides is 3. The summed E-state index contributed by atoms with van der Waals surface area (Å²) < 4.78 is 31.7. The second-order valence-corrected chi connectivity index (χ2v) is 8.72. The Balaban J connectivity index is 0.000000454. The van der Waals surface area contributed by atoms with Crippen LogP contribution in [0, 0.1) is 0 Å². The van der Waals surface area contributed by atoms with Crippen molar-refractivity contribution in [3.05, 3.63) is 78.4 Å². The fourth-order valence-electron chi connectivity index (χ4n) is 3.50. The molecule has 0 unspecified atom stereocenters. The standard InChI is InChI=1S/C25H28N4.C2HF3O2/c1-28(2)15-16-29(3)18-19-11-13-20(14-12-19)21-7-6-8-22(17-21)25-26-23-9-4-5-10-24(23)27-25;3-2(4,5)1(6)7/h4-14,17H,15-16,18H2,1-3H3,(H,26,27);(H,6,7). The predicted molar refractivity (Wildman–Crippen MR) is 136 cm³/mol. The molecule has 0 spiro atoms. The van der Waals surface area contributed by atoms with Crippen LogP contribution in [0.1, 0.15) is 5.56 Å². The number of fused-ring (bicyclic) bond motifs is 1. The Kier molecular flexibility index (Phi) is 8.84. The molecule has 4 rings (SSSR count). The molecule has 0 saturated carbocycles. The maximum atomic E-state index is 10.6. The molecule has 0 aliphatic rings. The lowest BCUT2D eigenvalue weighted by Crippen LogP contribution is -2.28. The van der Waals surface area contributed by atoms with Crippen LogP contribution in [0.5, 0.6) is 0 Å². The van der Waals surface area contributed by atoms with Crippen molar-refractivity contribution in [2.45, 2.75) is 12.7 Å². The molecular formula is C27H29F3N4O2. The van der Waals surface area contributed by atoms with Crippen molar-refractivity contribution in [3.8, 4) is 22.5 Å². The Morgan fingerprint density at radius 2 is 1.53 bits per heavy atom. The number of aromatic nitrogens is 2. The van der Waals surface area contributed by atoms with Crippen molar-refractivity contribution in [1.82, 2.24) is 19.8 Å². The van der Waals surface area contributed by atoms with Crippen LogP contribution in [0.25, 0.3) is 33.5 Å². The van der Waals surface area contributed by atoms with Gasteiger partial charge in [-0.3, -0.25) is 0 Å². The summed E-state index contributed by atoms with van der Waals surface area (Å²) in [5.74, 6) is -1.85. The molecule has 0 saturated heterocycles. The lowest BCUT2D eigenvalue weighted by atomic mass is 10.0. The second kappa shape index (κ2) is 11.8. The van der Waals surface area contributed by atoms with Crippen molar-refractivity contribution in [1.29, 1.82) is 0 Å². The van der Waals surface area contributed by atoms with Gasteiger partial charge in [-0.15, -0.1) is 0 Å². The number of nitrogens with one attached hydrogen (secondary N) is 1. The van der Waals surface area contributed by atoms with E-state index >= 15 is 0 Å². The van der Waals surface area contributed by atoms with Gasteiger partial charge in [-0.1, -0.05) is 54.6 Å². The molecule has 0 amide bonds. The molecule has 0 atom stereocenters. The zero-order valence-electron chi connectivity index (χ0n) is 20.4. The maximum Gasteiger partial charge on any atom is 0.490 e. The van der Waals surface area contributed by atoms with Gasteiger partial charge in [-0.2, -0.15) is 13.2 Å². The molecule has 0 bridgehead atoms. The fraction of sp³-hybridized carbons (Fsp3) is 0.259. The average Bonchev–Trinajstić information content (AvgIpc) is 3.28. The van der Waals surface area contributed by atoms with Crippen molar-refractivity contribution < 1.29 is 23.1 Å². The summed E-state index contributed by atoms with van der Waals surface area (Å²) in [6, 6.07) is 25.6. The van der Waals surface area contributed by atoms with E-state index in [9.17, 15) is 13.2 Å². The van der Waals surface area contributed by atoms with E-state index in [1.165, 1.54) is 16.7 Å². The smallest absolute Gasteiger partial charge is 0.475 e. The molecule has 4 aromatic rings. The van der Waals surface area contributed by atoms with E-state index in [1.54, 1.807) is 0 Å². The molecule has 190 valence electrons. The summed E-state index contributed by atoms with van der Waals surface area (Å²) in [7, 11) is 6.40. The minimum Gasteiger partial charge on any atom is -0.475 e. The number of carbonyl (C=O) groups is 1. The number of benzene rings is 3. The van der Waals surface area contributed by atoms with Crippen LogP contribution in [-0.4, -0.2) is 71.3 Å². The van der Waals surface area contributed by atoms with Crippen LogP contribution in [-0.2, 0) is 11.3 Å². The third kappa shape index (κ3) is 7.66. The average molecular weight is 499 g/mol. The summed E-state index contributed by atoms with van der Waals surface area (Å²) in [5.41, 5.74) is 6.93. The molecule has 1 aromatic heterocycles. The number of carboxylic acid groups (broad SMARTS) is 1. The molecular weight excluding hydrogens is 469 g/mol. The largest absolute Gasteiger partial charge is 0.490 e. The van der Waals surface area contributed by atoms with Gasteiger partial charge in [0.05, 0.1) is 11.0 Å². The number of hydrogen-bond acceptors (Lipinski definition) is 4. The van der Waals surface area contributed by atoms with Gasteiger partial charge >= 0.3 is 12.1 Å². The molecule has 36 heavy (non-hydrogen) atoms. The number of hydrogen-bond donors (Lipinski definition) is 2. The number of likely N-dealkylation sites (N-methyl/N-ethyl adjacent to an activating group) is 2. The Labute approximate surface area is 208 Å². The predicted octanol–water partition coefficient (Wildman–Crippen LogP) is 5.52. The highest BCUT2D eigenvalue weighted by Crippen LogP contribution is 2.26. The van der Waals surface area contributed by atoms with Gasteiger partial charge in [0.2, 0.25) is 0 Å². The van der Waals surface area contributed by atoms with Gasteiger partial charge < -0.3 is 19.9 Å². The molecule has 1 heterocycles. The van der Waals surface area contributed by atoms with Crippen LogP contribution in [0.3, 0.4) is 0 Å². The first kappa shape index (κ1) is 26.9. The number of para-hydroxylation sites is 2. The molecule has 6 nitrogen and oxygen atoms in total. The van der Waals surface area contributed by atoms with Crippen LogP contribution in [0.4, 0.5) is 13.2 Å². The number of carboxylic acids is 1. The minimum absolute atomic E-state index is 0.909. The zero-order valence-corrected chi connectivity index (χ0v) is 20.4. The zero-order chi connectivity index (χ0) is 26.3. The SMILES string of the molecule is CN(C)CCN(C)Cc1ccc(-c2cccc(-c3nc4ccccc4[nH]3)c2)cc1.O=C(O)C(F)(F)F. The number of H-pyrrole nitrogens is 1. The summed E-state index contributed by atoms with van der Waals surface area (Å²) in [6.45, 7) is 3.10. The van der Waals surface area contributed by atoms with Gasteiger partial charge in [0, 0.05) is 25.2 Å². The van der Waals surface area contributed by atoms with Gasteiger partial charge in [-0.25, -0.2) is 9.78 Å². The first-order chi connectivity index (χ1) is 17.0. The van der Waals surface area contributed by atoms with Crippen LogP contribution < -0.4 is 0 Å². The van der Waals surface area contributed by atoms with Crippen molar-refractivity contribution in [2.75, 3.05) is 34.2 Å². The highest BCUT2D eigenvalue weighted by Gasteiger charge is 2.38. The molecule has 2 N–H and O–H groups in total. The van der Waals surface area contributed by atoms with Crippen molar-refractivity contribution >= 4 is 17.0 Å². The maximum absolute atomic E-state index is 10.6. The number of aromatic amines is 1. The third-order valence-corrected chi connectivity index (χ3v) is 5.44. The Hall–Kier alpha value is -3.69. The second-order valence-electron chi connectivity index (χ2n) is 8.72. The summed E-state index contributed by atoms with van der Waals surface area (Å²) in [4.78, 5) is 21.6. The first-order valence-corrected chi connectivity index (χ1v) is 11.3. The highest BCUT2D eigenvalue weighted by atomic mass is 19.4. The topological polar surface area (TPSA) is 72.5 Å². The molecule has 3 aromatic carbocycles. The molecule has 0 radical (unpaired) electrons. The number of aliphatic carboxylic acids is 1. The van der Waals surface area contributed by atoms with E-state index < -0.39 is 12.1 Å². The van der Waals surface area contributed by atoms with E-state index in [2.05, 4.69) is 90.5 Å². The van der Waals surface area contributed by atoms with Crippen molar-refractivity contribution in [2.24, 2.45) is 0 Å². The number of nitrogens with zero attached hydrogens (tertiary/aromatic N) is 3. The van der Waals surface area contributed by atoms with E-state index in [4.69, 9.17) is 14.9 Å². The fourth-order valence-corrected chi connectivity index (χ4v) is 3.50. The number of imidazole rings is 1. The Bertz CT molecular complexity index is 1250. The van der Waals surface area contributed by atoms with Gasteiger partial charge in [0.25, 0.3) is 0 Å². The molecule has 9 heteroatoms.